The number of halogens is 3. The molecule has 0 spiro atoms. The van der Waals surface area contributed by atoms with Crippen molar-refractivity contribution in [1.29, 1.82) is 0 Å². The normalized spacial score (nSPS) is 16.1. The Morgan fingerprint density at radius 1 is 1.00 bits per heavy atom. The van der Waals surface area contributed by atoms with E-state index >= 15 is 0 Å². The summed E-state index contributed by atoms with van der Waals surface area (Å²) < 4.78 is 44.9. The largest absolute Gasteiger partial charge is 0.462 e. The van der Waals surface area contributed by atoms with Gasteiger partial charge in [0.2, 0.25) is 0 Å². The summed E-state index contributed by atoms with van der Waals surface area (Å²) in [6.07, 6.45) is 0.975. The van der Waals surface area contributed by atoms with Crippen molar-refractivity contribution in [2.45, 2.75) is 57.8 Å². The number of amides is 2. The molecule has 4 aromatic rings. The third-order valence-electron chi connectivity index (χ3n) is 8.74. The van der Waals surface area contributed by atoms with Gasteiger partial charge in [-0.3, -0.25) is 19.6 Å². The Labute approximate surface area is 270 Å². The summed E-state index contributed by atoms with van der Waals surface area (Å²) in [4.78, 5) is 51.3. The minimum Gasteiger partial charge on any atom is -0.462 e. The van der Waals surface area contributed by atoms with E-state index in [0.717, 1.165) is 30.5 Å². The van der Waals surface area contributed by atoms with Crippen LogP contribution in [0.25, 0.3) is 11.1 Å². The number of rotatable bonds is 9. The third kappa shape index (κ3) is 6.34. The van der Waals surface area contributed by atoms with Crippen LogP contribution in [-0.4, -0.2) is 45.8 Å². The van der Waals surface area contributed by atoms with Gasteiger partial charge in [0.25, 0.3) is 11.8 Å². The summed E-state index contributed by atoms with van der Waals surface area (Å²) in [5.41, 5.74) is 3.64. The number of aryl methyl sites for hydroxylation is 2. The van der Waals surface area contributed by atoms with E-state index in [4.69, 9.17) is 9.72 Å². The summed E-state index contributed by atoms with van der Waals surface area (Å²) >= 11 is 0. The quantitative estimate of drug-likeness (QED) is 0.199. The zero-order chi connectivity index (χ0) is 33.3. The van der Waals surface area contributed by atoms with Crippen LogP contribution in [0.3, 0.4) is 0 Å². The molecule has 2 aliphatic heterocycles. The van der Waals surface area contributed by atoms with Crippen molar-refractivity contribution >= 4 is 17.8 Å². The van der Waals surface area contributed by atoms with Gasteiger partial charge < -0.3 is 15.0 Å². The molecule has 0 aliphatic carbocycles. The van der Waals surface area contributed by atoms with Gasteiger partial charge in [-0.1, -0.05) is 24.3 Å². The first kappa shape index (κ1) is 31.9. The number of pyridine rings is 2. The first-order valence-corrected chi connectivity index (χ1v) is 15.6. The minimum absolute atomic E-state index is 0.0885. The van der Waals surface area contributed by atoms with Crippen molar-refractivity contribution in [1.82, 2.24) is 20.2 Å². The van der Waals surface area contributed by atoms with Crippen LogP contribution >= 0.6 is 0 Å². The highest BCUT2D eigenvalue weighted by atomic mass is 19.4. The Hall–Kier alpha value is -5.06. The van der Waals surface area contributed by atoms with E-state index in [0.29, 0.717) is 52.2 Å². The Morgan fingerprint density at radius 2 is 1.70 bits per heavy atom. The van der Waals surface area contributed by atoms with Crippen LogP contribution < -0.4 is 5.32 Å². The Bertz CT molecular complexity index is 1810. The average molecular weight is 643 g/mol. The number of carbonyl (C=O) groups excluding carboxylic acids is 3. The Kier molecular flexibility index (Phi) is 8.81. The highest BCUT2D eigenvalue weighted by molar-refractivity contribution is 6.11. The number of aromatic nitrogens is 2. The highest BCUT2D eigenvalue weighted by Gasteiger charge is 2.44. The maximum atomic E-state index is 13.8. The molecular weight excluding hydrogens is 609 g/mol. The average Bonchev–Trinajstić information content (AvgIpc) is 3.66. The maximum absolute atomic E-state index is 13.8. The lowest BCUT2D eigenvalue weighted by Crippen LogP contribution is -2.26. The number of nitrogens with zero attached hydrogens (tertiary/aromatic N) is 3. The number of carbonyl (C=O) groups is 3. The number of esters is 1. The minimum atomic E-state index is -4.44. The molecule has 2 aromatic carbocycles. The fourth-order valence-corrected chi connectivity index (χ4v) is 6.37. The summed E-state index contributed by atoms with van der Waals surface area (Å²) in [6, 6.07) is 14.8. The highest BCUT2D eigenvalue weighted by Crippen LogP contribution is 2.45. The first-order valence-electron chi connectivity index (χ1n) is 15.6. The van der Waals surface area contributed by atoms with Crippen LogP contribution in [0.1, 0.15) is 97.9 Å². The molecule has 1 fully saturated rings. The van der Waals surface area contributed by atoms with Crippen LogP contribution in [0, 0.1) is 0 Å². The van der Waals surface area contributed by atoms with Crippen molar-refractivity contribution < 1.29 is 32.3 Å². The topological polar surface area (TPSA) is 101 Å². The predicted molar refractivity (Wildman–Crippen MR) is 168 cm³/mol. The van der Waals surface area contributed by atoms with Crippen LogP contribution in [0.4, 0.5) is 13.2 Å². The van der Waals surface area contributed by atoms with Gasteiger partial charge in [-0.15, -0.1) is 0 Å². The number of nitrogens with one attached hydrogen (secondary N) is 1. The second-order valence-corrected chi connectivity index (χ2v) is 11.7. The predicted octanol–water partition coefficient (Wildman–Crippen LogP) is 6.91. The molecule has 2 amide bonds. The number of benzene rings is 2. The second kappa shape index (κ2) is 13.0. The molecule has 2 aromatic heterocycles. The Morgan fingerprint density at radius 3 is 2.36 bits per heavy atom. The fourth-order valence-electron chi connectivity index (χ4n) is 6.37. The maximum Gasteiger partial charge on any atom is 0.416 e. The molecule has 0 unspecified atom stereocenters. The van der Waals surface area contributed by atoms with Gasteiger partial charge in [0.1, 0.15) is 0 Å². The van der Waals surface area contributed by atoms with E-state index in [2.05, 4.69) is 10.3 Å². The van der Waals surface area contributed by atoms with Gasteiger partial charge in [0, 0.05) is 30.1 Å². The molecule has 2 atom stereocenters. The first-order chi connectivity index (χ1) is 22.6. The lowest BCUT2D eigenvalue weighted by Gasteiger charge is -2.18. The molecule has 242 valence electrons. The van der Waals surface area contributed by atoms with Crippen LogP contribution in [0.2, 0.25) is 0 Å². The molecule has 11 heteroatoms. The number of ether oxygens (including phenoxy) is 1. The second-order valence-electron chi connectivity index (χ2n) is 11.7. The summed E-state index contributed by atoms with van der Waals surface area (Å²) in [6.45, 7) is 4.22. The molecule has 0 radical (unpaired) electrons. The monoisotopic (exact) mass is 642 g/mol. The fraction of sp³-hybridized carbons (Fsp3) is 0.306. The summed E-state index contributed by atoms with van der Waals surface area (Å²) in [5, 5.41) is 2.97. The van der Waals surface area contributed by atoms with Crippen molar-refractivity contribution in [3.8, 4) is 11.1 Å². The Balaban J connectivity index is 1.39. The van der Waals surface area contributed by atoms with E-state index in [9.17, 15) is 27.6 Å². The van der Waals surface area contributed by atoms with Gasteiger partial charge in [-0.05, 0) is 92.6 Å². The number of hydrogen-bond donors (Lipinski definition) is 1. The number of alkyl halides is 3. The van der Waals surface area contributed by atoms with Crippen LogP contribution in [0.15, 0.2) is 73.1 Å². The van der Waals surface area contributed by atoms with Gasteiger partial charge in [-0.2, -0.15) is 13.2 Å². The van der Waals surface area contributed by atoms with E-state index in [1.165, 1.54) is 12.1 Å². The molecule has 8 nitrogen and oxygen atoms in total. The molecule has 2 aliphatic rings. The van der Waals surface area contributed by atoms with Crippen molar-refractivity contribution in [2.75, 3.05) is 13.2 Å². The summed E-state index contributed by atoms with van der Waals surface area (Å²) in [5.74, 6) is -1.15. The molecule has 1 saturated heterocycles. The van der Waals surface area contributed by atoms with Gasteiger partial charge in [-0.25, -0.2) is 4.79 Å². The zero-order valence-electron chi connectivity index (χ0n) is 25.9. The smallest absolute Gasteiger partial charge is 0.416 e. The molecule has 47 heavy (non-hydrogen) atoms. The van der Waals surface area contributed by atoms with Gasteiger partial charge >= 0.3 is 12.1 Å². The van der Waals surface area contributed by atoms with E-state index in [1.54, 1.807) is 48.5 Å². The van der Waals surface area contributed by atoms with Crippen LogP contribution in [0.5, 0.6) is 0 Å². The van der Waals surface area contributed by atoms with Crippen molar-refractivity contribution in [3.05, 3.63) is 118 Å². The molecular formula is C36H33F3N4O4. The number of fused-ring (bicyclic) bond motifs is 3. The summed E-state index contributed by atoms with van der Waals surface area (Å²) in [7, 11) is 0. The van der Waals surface area contributed by atoms with Gasteiger partial charge in [0.15, 0.2) is 0 Å². The van der Waals surface area contributed by atoms with E-state index in [1.807, 2.05) is 19.1 Å². The van der Waals surface area contributed by atoms with E-state index in [-0.39, 0.29) is 42.5 Å². The molecule has 6 rings (SSSR count). The molecule has 1 N–H and O–H groups in total. The van der Waals surface area contributed by atoms with Crippen molar-refractivity contribution in [2.24, 2.45) is 0 Å². The zero-order valence-corrected chi connectivity index (χ0v) is 25.9. The van der Waals surface area contributed by atoms with Crippen molar-refractivity contribution in [3.63, 3.8) is 0 Å². The lowest BCUT2D eigenvalue weighted by atomic mass is 9.89. The van der Waals surface area contributed by atoms with Gasteiger partial charge in [0.05, 0.1) is 46.8 Å². The standard InChI is InChI=1S/C36H33F3N4O4/c1-3-47-35(46)30-27(15-8-22-6-13-26(14-7-22)36(37,38)39)42-32-28-5-4-20-43(28)34(45)31(32)29(30)24-9-11-25(12-10-24)33(44)41-21(2)23-16-18-40-19-17-23/h6-7,9-14,16-19,21,28H,3-5,8,15,20H2,1-2H3,(H,41,44)/t21-,28-/m0/s1. The SMILES string of the molecule is CCOC(=O)c1c(CCc2ccc(C(F)(F)F)cc2)nc2c(c1-c1ccc(C(=O)N[C@@H](C)c3ccncc3)cc1)C(=O)N1CCC[C@@H]21. The molecule has 0 saturated carbocycles. The van der Waals surface area contributed by atoms with Crippen LogP contribution in [-0.2, 0) is 23.8 Å². The number of hydrogen-bond acceptors (Lipinski definition) is 6. The lowest BCUT2D eigenvalue weighted by molar-refractivity contribution is -0.137. The molecule has 0 bridgehead atoms. The molecule has 4 heterocycles. The third-order valence-corrected chi connectivity index (χ3v) is 8.74. The van der Waals surface area contributed by atoms with E-state index < -0.39 is 17.7 Å².